The Balaban J connectivity index is 1.34. The average molecular weight is 513 g/mol. The largest absolute Gasteiger partial charge is 0.461 e. The van der Waals surface area contributed by atoms with Gasteiger partial charge in [0.2, 0.25) is 5.92 Å². The number of carbonyl (C=O) groups is 1. The maximum Gasteiger partial charge on any atom is 0.343 e. The van der Waals surface area contributed by atoms with Gasteiger partial charge in [-0.05, 0) is 35.4 Å². The van der Waals surface area contributed by atoms with Gasteiger partial charge in [-0.15, -0.1) is 0 Å². The number of aliphatic hydroxyl groups is 1. The number of hydrogen-bond donors (Lipinski definition) is 1. The van der Waals surface area contributed by atoms with E-state index in [4.69, 9.17) is 4.74 Å². The smallest absolute Gasteiger partial charge is 0.343 e. The number of esters is 1. The first kappa shape index (κ1) is 27.1. The molecule has 37 heavy (non-hydrogen) atoms. The minimum absolute atomic E-state index is 0.0416. The Labute approximate surface area is 218 Å². The van der Waals surface area contributed by atoms with Crippen LogP contribution in [0.15, 0.2) is 67.0 Å². The van der Waals surface area contributed by atoms with Crippen molar-refractivity contribution in [2.24, 2.45) is 5.92 Å². The molecule has 2 aliphatic rings. The highest BCUT2D eigenvalue weighted by molar-refractivity contribution is 5.81. The maximum absolute atomic E-state index is 14.0. The van der Waals surface area contributed by atoms with Crippen molar-refractivity contribution < 1.29 is 23.4 Å². The molecule has 0 amide bonds. The molecule has 0 radical (unpaired) electrons. The fraction of sp³-hybridized carbons (Fsp3) is 0.500. The molecule has 1 N–H and O–H groups in total. The minimum atomic E-state index is -2.89. The van der Waals surface area contributed by atoms with Crippen LogP contribution in [0.1, 0.15) is 63.6 Å². The van der Waals surface area contributed by atoms with Gasteiger partial charge < -0.3 is 19.6 Å². The second kappa shape index (κ2) is 10.4. The third-order valence-electron chi connectivity index (χ3n) is 7.70. The molecule has 1 heterocycles. The van der Waals surface area contributed by atoms with Gasteiger partial charge in [0.05, 0.1) is 12.7 Å². The van der Waals surface area contributed by atoms with Crippen LogP contribution in [0.3, 0.4) is 0 Å². The van der Waals surface area contributed by atoms with Gasteiger partial charge in [0.25, 0.3) is 0 Å². The van der Waals surface area contributed by atoms with Crippen LogP contribution in [0, 0.1) is 5.92 Å². The monoisotopic (exact) mass is 512 g/mol. The number of nitrogens with zero attached hydrogens (tertiary/aromatic N) is 2. The Morgan fingerprint density at radius 1 is 1.03 bits per heavy atom. The fourth-order valence-corrected chi connectivity index (χ4v) is 5.25. The van der Waals surface area contributed by atoms with E-state index in [9.17, 15) is 18.7 Å². The van der Waals surface area contributed by atoms with E-state index in [0.717, 1.165) is 6.54 Å². The zero-order chi connectivity index (χ0) is 26.8. The zero-order valence-electron chi connectivity index (χ0n) is 22.2. The summed E-state index contributed by atoms with van der Waals surface area (Å²) in [5.41, 5.74) is 0.805. The summed E-state index contributed by atoms with van der Waals surface area (Å²) in [5, 5.41) is 11.5. The molecule has 0 bridgehead atoms. The summed E-state index contributed by atoms with van der Waals surface area (Å²) < 4.78 is 33.5. The molecule has 5 nitrogen and oxygen atoms in total. The molecular formula is C30H38F2N2O3. The van der Waals surface area contributed by atoms with Gasteiger partial charge in [0.15, 0.2) is 5.60 Å². The van der Waals surface area contributed by atoms with Crippen molar-refractivity contribution in [3.05, 3.63) is 83.7 Å². The predicted molar refractivity (Wildman–Crippen MR) is 140 cm³/mol. The van der Waals surface area contributed by atoms with E-state index in [2.05, 4.69) is 61.8 Å². The normalized spacial score (nSPS) is 22.8. The number of hydrogen-bond acceptors (Lipinski definition) is 5. The lowest BCUT2D eigenvalue weighted by Crippen LogP contribution is -2.45. The SMILES string of the molecule is CC1N(CCOC(=O)[C@](O)(c2ccccc2)[C@@H]2CCC(F)(F)C2)C=CN1Cc1ccc(C(C)(C)C)cc1. The predicted octanol–water partition coefficient (Wildman–Crippen LogP) is 5.79. The van der Waals surface area contributed by atoms with E-state index in [1.165, 1.54) is 11.1 Å². The van der Waals surface area contributed by atoms with Crippen LogP contribution in [0.5, 0.6) is 0 Å². The zero-order valence-corrected chi connectivity index (χ0v) is 22.2. The molecule has 1 aliphatic carbocycles. The molecule has 0 spiro atoms. The molecule has 2 aromatic carbocycles. The van der Waals surface area contributed by atoms with Gasteiger partial charge in [-0.1, -0.05) is 75.4 Å². The van der Waals surface area contributed by atoms with Crippen LogP contribution >= 0.6 is 0 Å². The molecule has 0 aromatic heterocycles. The quantitative estimate of drug-likeness (QED) is 0.454. The summed E-state index contributed by atoms with van der Waals surface area (Å²) >= 11 is 0. The fourth-order valence-electron chi connectivity index (χ4n) is 5.25. The number of ether oxygens (including phenoxy) is 1. The Morgan fingerprint density at radius 2 is 1.68 bits per heavy atom. The first-order valence-electron chi connectivity index (χ1n) is 13.0. The highest BCUT2D eigenvalue weighted by Gasteiger charge is 2.54. The van der Waals surface area contributed by atoms with E-state index in [1.54, 1.807) is 30.3 Å². The van der Waals surface area contributed by atoms with Gasteiger partial charge in [0.1, 0.15) is 6.61 Å². The molecule has 2 aromatic rings. The highest BCUT2D eigenvalue weighted by atomic mass is 19.3. The van der Waals surface area contributed by atoms with Crippen LogP contribution in [0.25, 0.3) is 0 Å². The molecule has 1 aliphatic heterocycles. The topological polar surface area (TPSA) is 53.0 Å². The molecule has 1 unspecified atom stereocenters. The van der Waals surface area contributed by atoms with Gasteiger partial charge in [0, 0.05) is 37.7 Å². The Hall–Kier alpha value is -2.93. The first-order chi connectivity index (χ1) is 17.4. The van der Waals surface area contributed by atoms with Crippen molar-refractivity contribution >= 4 is 5.97 Å². The van der Waals surface area contributed by atoms with Gasteiger partial charge in [-0.3, -0.25) is 0 Å². The van der Waals surface area contributed by atoms with Gasteiger partial charge in [-0.2, -0.15) is 0 Å². The number of alkyl halides is 2. The second-order valence-corrected chi connectivity index (χ2v) is 11.4. The molecule has 4 rings (SSSR count). The van der Waals surface area contributed by atoms with Crippen molar-refractivity contribution in [1.82, 2.24) is 9.80 Å². The molecule has 3 atom stereocenters. The van der Waals surface area contributed by atoms with Crippen molar-refractivity contribution in [3.63, 3.8) is 0 Å². The van der Waals surface area contributed by atoms with Crippen LogP contribution in [0.4, 0.5) is 8.78 Å². The molecule has 7 heteroatoms. The maximum atomic E-state index is 14.0. The third-order valence-corrected chi connectivity index (χ3v) is 7.70. The van der Waals surface area contributed by atoms with E-state index < -0.39 is 29.8 Å². The van der Waals surface area contributed by atoms with Crippen LogP contribution in [0.2, 0.25) is 0 Å². The van der Waals surface area contributed by atoms with Crippen LogP contribution < -0.4 is 0 Å². The van der Waals surface area contributed by atoms with E-state index >= 15 is 0 Å². The lowest BCUT2D eigenvalue weighted by Gasteiger charge is -2.33. The van der Waals surface area contributed by atoms with Gasteiger partial charge >= 0.3 is 5.97 Å². The van der Waals surface area contributed by atoms with Gasteiger partial charge in [-0.25, -0.2) is 13.6 Å². The van der Waals surface area contributed by atoms with Crippen molar-refractivity contribution in [1.29, 1.82) is 0 Å². The average Bonchev–Trinajstić information content (AvgIpc) is 3.40. The number of rotatable bonds is 8. The van der Waals surface area contributed by atoms with Crippen LogP contribution in [-0.2, 0) is 27.1 Å². The lowest BCUT2D eigenvalue weighted by molar-refractivity contribution is -0.175. The summed E-state index contributed by atoms with van der Waals surface area (Å²) in [6.45, 7) is 9.88. The molecule has 1 saturated carbocycles. The number of halogens is 2. The van der Waals surface area contributed by atoms with E-state index in [1.807, 2.05) is 12.4 Å². The molecular weight excluding hydrogens is 474 g/mol. The van der Waals surface area contributed by atoms with E-state index in [-0.39, 0.29) is 31.0 Å². The van der Waals surface area contributed by atoms with E-state index in [0.29, 0.717) is 12.1 Å². The summed E-state index contributed by atoms with van der Waals surface area (Å²) in [5.74, 6) is -4.66. The minimum Gasteiger partial charge on any atom is -0.461 e. The lowest BCUT2D eigenvalue weighted by atomic mass is 9.80. The van der Waals surface area contributed by atoms with Crippen molar-refractivity contribution in [3.8, 4) is 0 Å². The summed E-state index contributed by atoms with van der Waals surface area (Å²) in [7, 11) is 0. The molecule has 200 valence electrons. The number of benzene rings is 2. The van der Waals surface area contributed by atoms with Crippen LogP contribution in [-0.4, -0.2) is 46.1 Å². The third kappa shape index (κ3) is 5.98. The summed E-state index contributed by atoms with van der Waals surface area (Å²) in [6.07, 6.45) is 3.22. The summed E-state index contributed by atoms with van der Waals surface area (Å²) in [6, 6.07) is 17.0. The Bertz CT molecular complexity index is 1100. The first-order valence-corrected chi connectivity index (χ1v) is 13.0. The molecule has 0 saturated heterocycles. The highest BCUT2D eigenvalue weighted by Crippen LogP contribution is 2.47. The Kier molecular flexibility index (Phi) is 7.65. The second-order valence-electron chi connectivity index (χ2n) is 11.4. The number of carbonyl (C=O) groups excluding carboxylic acids is 1. The van der Waals surface area contributed by atoms with Crippen molar-refractivity contribution in [2.45, 2.75) is 76.6 Å². The summed E-state index contributed by atoms with van der Waals surface area (Å²) in [4.78, 5) is 17.4. The Morgan fingerprint density at radius 3 is 2.27 bits per heavy atom. The molecule has 1 fully saturated rings. The standard InChI is InChI=1S/C30H38F2N2O3/c1-22-33(16-17-34(22)21-23-10-12-24(13-11-23)28(2,3)4)18-19-37-27(35)30(36,25-8-6-5-7-9-25)26-14-15-29(31,32)20-26/h5-13,16-17,22,26,36H,14-15,18-21H2,1-4H3/t22?,26-,30+/m1/s1. The van der Waals surface area contributed by atoms with Crippen molar-refractivity contribution in [2.75, 3.05) is 13.2 Å².